The van der Waals surface area contributed by atoms with Crippen LogP contribution < -0.4 is 0 Å². The third-order valence-corrected chi connectivity index (χ3v) is 2.70. The van der Waals surface area contributed by atoms with E-state index in [1.54, 1.807) is 24.3 Å². The van der Waals surface area contributed by atoms with Gasteiger partial charge in [-0.1, -0.05) is 30.3 Å². The molecule has 0 aromatic heterocycles. The Labute approximate surface area is 98.3 Å². The first-order valence-electron chi connectivity index (χ1n) is 5.06. The van der Waals surface area contributed by atoms with E-state index in [0.29, 0.717) is 0 Å². The summed E-state index contributed by atoms with van der Waals surface area (Å²) in [7, 11) is 2.41. The van der Waals surface area contributed by atoms with Crippen LogP contribution in [0.5, 0.6) is 0 Å². The minimum Gasteiger partial charge on any atom is -0.466 e. The first kappa shape index (κ1) is 11.6. The van der Waals surface area contributed by atoms with Gasteiger partial charge in [0.2, 0.25) is 0 Å². The normalized spacial score (nSPS) is 20.5. The van der Waals surface area contributed by atoms with E-state index in [1.165, 1.54) is 14.2 Å². The number of carbonyl (C=O) groups excluding carboxylic acids is 2. The molecule has 0 N–H and O–H groups in total. The highest BCUT2D eigenvalue weighted by molar-refractivity contribution is 6.07. The summed E-state index contributed by atoms with van der Waals surface area (Å²) >= 11 is 0. The van der Waals surface area contributed by atoms with Gasteiger partial charge >= 0.3 is 11.9 Å². The number of ether oxygens (including phenoxy) is 3. The fraction of sp³-hybridized carbons (Fsp3) is 0.333. The number of rotatable bonds is 3. The number of epoxide rings is 1. The third-order valence-electron chi connectivity index (χ3n) is 2.70. The number of benzene rings is 1. The van der Waals surface area contributed by atoms with Gasteiger partial charge in [-0.2, -0.15) is 0 Å². The average molecular weight is 236 g/mol. The van der Waals surface area contributed by atoms with Crippen LogP contribution in [0.3, 0.4) is 0 Å². The number of esters is 2. The molecule has 0 spiro atoms. The molecule has 1 fully saturated rings. The van der Waals surface area contributed by atoms with Gasteiger partial charge in [0.25, 0.3) is 5.60 Å². The predicted octanol–water partition coefficient (Wildman–Crippen LogP) is 0.843. The molecule has 1 atom stereocenters. The number of carbonyl (C=O) groups is 2. The molecule has 0 bridgehead atoms. The van der Waals surface area contributed by atoms with E-state index < -0.39 is 23.6 Å². The highest BCUT2D eigenvalue weighted by atomic mass is 16.7. The Hall–Kier alpha value is -1.88. The van der Waals surface area contributed by atoms with E-state index in [1.807, 2.05) is 6.07 Å². The first-order valence-corrected chi connectivity index (χ1v) is 5.06. The summed E-state index contributed by atoms with van der Waals surface area (Å²) in [6.07, 6.45) is -0.636. The third kappa shape index (κ3) is 1.68. The molecule has 1 aliphatic rings. The molecule has 5 nitrogen and oxygen atoms in total. The lowest BCUT2D eigenvalue weighted by molar-refractivity contribution is -0.160. The van der Waals surface area contributed by atoms with Gasteiger partial charge in [-0.15, -0.1) is 0 Å². The van der Waals surface area contributed by atoms with E-state index in [2.05, 4.69) is 9.47 Å². The molecule has 0 radical (unpaired) electrons. The van der Waals surface area contributed by atoms with Crippen LogP contribution in [-0.2, 0) is 23.8 Å². The van der Waals surface area contributed by atoms with Crippen LogP contribution in [-0.4, -0.2) is 31.8 Å². The first-order chi connectivity index (χ1) is 8.16. The Morgan fingerprint density at radius 2 is 1.65 bits per heavy atom. The van der Waals surface area contributed by atoms with Crippen molar-refractivity contribution in [3.63, 3.8) is 0 Å². The van der Waals surface area contributed by atoms with Gasteiger partial charge in [0.05, 0.1) is 14.2 Å². The molecular formula is C12H12O5. The fourth-order valence-electron chi connectivity index (χ4n) is 1.78. The summed E-state index contributed by atoms with van der Waals surface area (Å²) in [4.78, 5) is 23.3. The molecule has 0 saturated carbocycles. The van der Waals surface area contributed by atoms with E-state index in [9.17, 15) is 9.59 Å². The van der Waals surface area contributed by atoms with Crippen molar-refractivity contribution in [3.8, 4) is 0 Å². The SMILES string of the molecule is COC(=O)C1(C(=O)OC)OC1c1ccccc1. The maximum Gasteiger partial charge on any atom is 0.353 e. The van der Waals surface area contributed by atoms with Crippen molar-refractivity contribution in [1.82, 2.24) is 0 Å². The summed E-state index contributed by atoms with van der Waals surface area (Å²) in [5.74, 6) is -1.48. The average Bonchev–Trinajstić information content (AvgIpc) is 3.14. The van der Waals surface area contributed by atoms with Crippen molar-refractivity contribution in [3.05, 3.63) is 35.9 Å². The van der Waals surface area contributed by atoms with Crippen LogP contribution >= 0.6 is 0 Å². The van der Waals surface area contributed by atoms with E-state index in [-0.39, 0.29) is 0 Å². The standard InChI is InChI=1S/C12H12O5/c1-15-10(13)12(11(14)16-2)9(17-12)8-6-4-3-5-7-8/h3-7,9H,1-2H3. The number of methoxy groups -OCH3 is 2. The Kier molecular flexibility index (Phi) is 2.85. The van der Waals surface area contributed by atoms with Gasteiger partial charge in [0.15, 0.2) is 0 Å². The molecular weight excluding hydrogens is 224 g/mol. The predicted molar refractivity (Wildman–Crippen MR) is 57.0 cm³/mol. The molecule has 5 heteroatoms. The van der Waals surface area contributed by atoms with Crippen LogP contribution in [0.1, 0.15) is 11.7 Å². The van der Waals surface area contributed by atoms with Crippen LogP contribution in [0.4, 0.5) is 0 Å². The lowest BCUT2D eigenvalue weighted by atomic mass is 9.99. The molecule has 1 aromatic rings. The summed E-state index contributed by atoms with van der Waals surface area (Å²) in [5, 5.41) is 0. The molecule has 1 heterocycles. The zero-order valence-corrected chi connectivity index (χ0v) is 9.51. The molecule has 2 rings (SSSR count). The Bertz CT molecular complexity index is 423. The summed E-state index contributed by atoms with van der Waals surface area (Å²) < 4.78 is 14.4. The largest absolute Gasteiger partial charge is 0.466 e. The second-order valence-corrected chi connectivity index (χ2v) is 3.63. The van der Waals surface area contributed by atoms with Crippen molar-refractivity contribution in [2.24, 2.45) is 0 Å². The zero-order chi connectivity index (χ0) is 12.5. The van der Waals surface area contributed by atoms with Gasteiger partial charge in [0, 0.05) is 0 Å². The van der Waals surface area contributed by atoms with Crippen molar-refractivity contribution in [1.29, 1.82) is 0 Å². The van der Waals surface area contributed by atoms with Crippen LogP contribution in [0.25, 0.3) is 0 Å². The summed E-state index contributed by atoms with van der Waals surface area (Å²) in [5.41, 5.74) is -0.895. The van der Waals surface area contributed by atoms with Gasteiger partial charge in [-0.3, -0.25) is 0 Å². The van der Waals surface area contributed by atoms with E-state index in [0.717, 1.165) is 5.56 Å². The molecule has 1 saturated heterocycles. The number of hydrogen-bond donors (Lipinski definition) is 0. The van der Waals surface area contributed by atoms with Gasteiger partial charge in [0.1, 0.15) is 6.10 Å². The van der Waals surface area contributed by atoms with Gasteiger partial charge in [-0.05, 0) is 5.56 Å². The monoisotopic (exact) mass is 236 g/mol. The topological polar surface area (TPSA) is 65.1 Å². The zero-order valence-electron chi connectivity index (χ0n) is 9.51. The van der Waals surface area contributed by atoms with Gasteiger partial charge in [-0.25, -0.2) is 9.59 Å². The Morgan fingerprint density at radius 1 is 1.12 bits per heavy atom. The van der Waals surface area contributed by atoms with Crippen LogP contribution in [0.15, 0.2) is 30.3 Å². The van der Waals surface area contributed by atoms with Crippen molar-refractivity contribution >= 4 is 11.9 Å². The maximum atomic E-state index is 11.6. The maximum absolute atomic E-state index is 11.6. The smallest absolute Gasteiger partial charge is 0.353 e. The van der Waals surface area contributed by atoms with E-state index in [4.69, 9.17) is 4.74 Å². The highest BCUT2D eigenvalue weighted by Crippen LogP contribution is 2.51. The van der Waals surface area contributed by atoms with Crippen molar-refractivity contribution < 1.29 is 23.8 Å². The van der Waals surface area contributed by atoms with Crippen LogP contribution in [0, 0.1) is 0 Å². The minimum atomic E-state index is -1.63. The van der Waals surface area contributed by atoms with Crippen molar-refractivity contribution in [2.75, 3.05) is 14.2 Å². The molecule has 1 unspecified atom stereocenters. The lowest BCUT2D eigenvalue weighted by Gasteiger charge is -2.07. The highest BCUT2D eigenvalue weighted by Gasteiger charge is 2.71. The van der Waals surface area contributed by atoms with Crippen molar-refractivity contribution in [2.45, 2.75) is 11.7 Å². The van der Waals surface area contributed by atoms with E-state index >= 15 is 0 Å². The molecule has 1 aromatic carbocycles. The number of hydrogen-bond acceptors (Lipinski definition) is 5. The molecule has 17 heavy (non-hydrogen) atoms. The van der Waals surface area contributed by atoms with Crippen LogP contribution in [0.2, 0.25) is 0 Å². The fourth-order valence-corrected chi connectivity index (χ4v) is 1.78. The molecule has 1 aliphatic heterocycles. The second-order valence-electron chi connectivity index (χ2n) is 3.63. The Morgan fingerprint density at radius 3 is 2.12 bits per heavy atom. The minimum absolute atomic E-state index is 0.636. The van der Waals surface area contributed by atoms with Gasteiger partial charge < -0.3 is 14.2 Å². The molecule has 90 valence electrons. The summed E-state index contributed by atoms with van der Waals surface area (Å²) in [6.45, 7) is 0. The second kappa shape index (κ2) is 4.18. The summed E-state index contributed by atoms with van der Waals surface area (Å²) in [6, 6.07) is 8.99. The molecule has 0 amide bonds. The Balaban J connectivity index is 2.30. The molecule has 0 aliphatic carbocycles. The quantitative estimate of drug-likeness (QED) is 0.442. The lowest BCUT2D eigenvalue weighted by Crippen LogP contribution is -2.37.